The van der Waals surface area contributed by atoms with Crippen LogP contribution in [-0.4, -0.2) is 25.5 Å². The molecule has 21 heavy (non-hydrogen) atoms. The third kappa shape index (κ3) is 5.63. The van der Waals surface area contributed by atoms with Crippen molar-refractivity contribution < 1.29 is 27.4 Å². The molecule has 1 rings (SSSR count). The highest BCUT2D eigenvalue weighted by Crippen LogP contribution is 2.26. The number of alkyl halides is 3. The molecule has 1 aromatic carbocycles. The molecule has 0 radical (unpaired) electrons. The molecule has 7 heteroatoms. The van der Waals surface area contributed by atoms with Crippen molar-refractivity contribution in [1.82, 2.24) is 5.32 Å². The Morgan fingerprint density at radius 1 is 1.29 bits per heavy atom. The largest absolute Gasteiger partial charge is 0.573 e. The highest BCUT2D eigenvalue weighted by Gasteiger charge is 2.32. The normalized spacial score (nSPS) is 13.1. The zero-order valence-electron chi connectivity index (χ0n) is 12.0. The first-order chi connectivity index (χ1) is 9.74. The summed E-state index contributed by atoms with van der Waals surface area (Å²) in [5.74, 6) is -0.808. The number of methoxy groups -OCH3 is 1. The fourth-order valence-electron chi connectivity index (χ4n) is 1.81. The second-order valence-corrected chi connectivity index (χ2v) is 4.78. The van der Waals surface area contributed by atoms with E-state index in [0.29, 0.717) is 5.56 Å². The molecule has 0 aliphatic carbocycles. The Morgan fingerprint density at radius 3 is 2.43 bits per heavy atom. The monoisotopic (exact) mass is 305 g/mol. The van der Waals surface area contributed by atoms with E-state index < -0.39 is 18.4 Å². The number of esters is 1. The van der Waals surface area contributed by atoms with Crippen LogP contribution in [0.25, 0.3) is 0 Å². The first-order valence-corrected chi connectivity index (χ1v) is 6.39. The van der Waals surface area contributed by atoms with E-state index in [0.717, 1.165) is 0 Å². The third-order valence-corrected chi connectivity index (χ3v) is 2.83. The van der Waals surface area contributed by atoms with Gasteiger partial charge in [-0.2, -0.15) is 0 Å². The lowest BCUT2D eigenvalue weighted by atomic mass is 10.0. The van der Waals surface area contributed by atoms with Gasteiger partial charge in [-0.3, -0.25) is 10.1 Å². The van der Waals surface area contributed by atoms with Crippen LogP contribution in [0, 0.1) is 5.92 Å². The minimum absolute atomic E-state index is 0.0597. The number of carbonyl (C=O) groups is 1. The lowest BCUT2D eigenvalue weighted by molar-refractivity contribution is -0.274. The Bertz CT molecular complexity index is 475. The van der Waals surface area contributed by atoms with Gasteiger partial charge in [0.25, 0.3) is 0 Å². The van der Waals surface area contributed by atoms with Crippen molar-refractivity contribution in [1.29, 1.82) is 0 Å². The minimum atomic E-state index is -4.75. The van der Waals surface area contributed by atoms with Gasteiger partial charge in [0.15, 0.2) is 0 Å². The van der Waals surface area contributed by atoms with E-state index in [1.807, 2.05) is 13.8 Å². The standard InChI is InChI=1S/C14H18F3NO3/c1-9(2)12(13(19)20-3)18-8-10-6-4-5-7-11(10)21-14(15,16)17/h4-7,9,12,18H,8H2,1-3H3/t12-/m0/s1. The van der Waals surface area contributed by atoms with Gasteiger partial charge >= 0.3 is 12.3 Å². The summed E-state index contributed by atoms with van der Waals surface area (Å²) in [7, 11) is 1.26. The van der Waals surface area contributed by atoms with Crippen LogP contribution in [0.2, 0.25) is 0 Å². The summed E-state index contributed by atoms with van der Waals surface area (Å²) in [4.78, 5) is 11.6. The second kappa shape index (κ2) is 7.31. The predicted octanol–water partition coefficient (Wildman–Crippen LogP) is 2.87. The van der Waals surface area contributed by atoms with Crippen LogP contribution in [0.15, 0.2) is 24.3 Å². The topological polar surface area (TPSA) is 47.6 Å². The molecule has 1 N–H and O–H groups in total. The van der Waals surface area contributed by atoms with E-state index in [9.17, 15) is 18.0 Å². The lowest BCUT2D eigenvalue weighted by Crippen LogP contribution is -2.41. The Kier molecular flexibility index (Phi) is 6.02. The van der Waals surface area contributed by atoms with Gasteiger partial charge in [-0.25, -0.2) is 0 Å². The summed E-state index contributed by atoms with van der Waals surface area (Å²) in [5.41, 5.74) is 0.310. The van der Waals surface area contributed by atoms with Crippen LogP contribution >= 0.6 is 0 Å². The molecule has 118 valence electrons. The number of benzene rings is 1. The molecule has 0 bridgehead atoms. The van der Waals surface area contributed by atoms with E-state index in [1.165, 1.54) is 25.3 Å². The molecule has 0 saturated heterocycles. The number of hydrogen-bond acceptors (Lipinski definition) is 4. The summed E-state index contributed by atoms with van der Waals surface area (Å²) in [6.45, 7) is 3.68. The highest BCUT2D eigenvalue weighted by molar-refractivity contribution is 5.75. The Morgan fingerprint density at radius 2 is 1.90 bits per heavy atom. The van der Waals surface area contributed by atoms with E-state index >= 15 is 0 Å². The third-order valence-electron chi connectivity index (χ3n) is 2.83. The molecule has 0 saturated carbocycles. The molecule has 1 atom stereocenters. The van der Waals surface area contributed by atoms with Crippen LogP contribution in [0.1, 0.15) is 19.4 Å². The first kappa shape index (κ1) is 17.3. The molecule has 0 amide bonds. The zero-order chi connectivity index (χ0) is 16.0. The van der Waals surface area contributed by atoms with Crippen molar-refractivity contribution in [2.24, 2.45) is 5.92 Å². The number of carbonyl (C=O) groups excluding carboxylic acids is 1. The van der Waals surface area contributed by atoms with Crippen LogP contribution in [-0.2, 0) is 16.1 Å². The van der Waals surface area contributed by atoms with Crippen LogP contribution in [0.3, 0.4) is 0 Å². The molecule has 0 fully saturated rings. The highest BCUT2D eigenvalue weighted by atomic mass is 19.4. The Labute approximate surface area is 121 Å². The maximum atomic E-state index is 12.3. The lowest BCUT2D eigenvalue weighted by Gasteiger charge is -2.21. The van der Waals surface area contributed by atoms with Gasteiger partial charge in [0.2, 0.25) is 0 Å². The molecule has 0 unspecified atom stereocenters. The van der Waals surface area contributed by atoms with Crippen molar-refractivity contribution in [3.8, 4) is 5.75 Å². The molecule has 0 aliphatic rings. The van der Waals surface area contributed by atoms with Crippen molar-refractivity contribution >= 4 is 5.97 Å². The van der Waals surface area contributed by atoms with Crippen molar-refractivity contribution in [3.05, 3.63) is 29.8 Å². The van der Waals surface area contributed by atoms with Crippen LogP contribution in [0.4, 0.5) is 13.2 Å². The SMILES string of the molecule is COC(=O)[C@@H](NCc1ccccc1OC(F)(F)F)C(C)C. The number of rotatable bonds is 6. The van der Waals surface area contributed by atoms with Crippen molar-refractivity contribution in [3.63, 3.8) is 0 Å². The fourth-order valence-corrected chi connectivity index (χ4v) is 1.81. The van der Waals surface area contributed by atoms with Gasteiger partial charge in [-0.15, -0.1) is 13.2 Å². The average Bonchev–Trinajstić information content (AvgIpc) is 2.38. The molecular weight excluding hydrogens is 287 g/mol. The van der Waals surface area contributed by atoms with Crippen molar-refractivity contribution in [2.45, 2.75) is 32.8 Å². The van der Waals surface area contributed by atoms with Gasteiger partial charge in [-0.1, -0.05) is 32.0 Å². The zero-order valence-corrected chi connectivity index (χ0v) is 12.0. The molecule has 0 spiro atoms. The number of halogens is 3. The fraction of sp³-hybridized carbons (Fsp3) is 0.500. The summed E-state index contributed by atoms with van der Waals surface area (Å²) < 4.78 is 45.6. The second-order valence-electron chi connectivity index (χ2n) is 4.78. The number of ether oxygens (including phenoxy) is 2. The summed E-state index contributed by atoms with van der Waals surface area (Å²) in [6.07, 6.45) is -4.75. The van der Waals surface area contributed by atoms with Gasteiger partial charge in [0, 0.05) is 12.1 Å². The summed E-state index contributed by atoms with van der Waals surface area (Å²) >= 11 is 0. The molecule has 0 aliphatic heterocycles. The maximum absolute atomic E-state index is 12.3. The number of nitrogens with one attached hydrogen (secondary N) is 1. The number of para-hydroxylation sites is 1. The molecular formula is C14H18F3NO3. The maximum Gasteiger partial charge on any atom is 0.573 e. The smallest absolute Gasteiger partial charge is 0.468 e. The molecule has 0 heterocycles. The molecule has 4 nitrogen and oxygen atoms in total. The quantitative estimate of drug-likeness (QED) is 0.821. The van der Waals surface area contributed by atoms with Crippen LogP contribution in [0.5, 0.6) is 5.75 Å². The van der Waals surface area contributed by atoms with E-state index in [4.69, 9.17) is 0 Å². The average molecular weight is 305 g/mol. The summed E-state index contributed by atoms with van der Waals surface area (Å²) in [6, 6.07) is 5.18. The number of hydrogen-bond donors (Lipinski definition) is 1. The van der Waals surface area contributed by atoms with E-state index in [2.05, 4.69) is 14.8 Å². The molecule has 1 aromatic rings. The first-order valence-electron chi connectivity index (χ1n) is 6.39. The van der Waals surface area contributed by atoms with E-state index in [1.54, 1.807) is 6.07 Å². The van der Waals surface area contributed by atoms with Gasteiger partial charge in [-0.05, 0) is 12.0 Å². The molecule has 0 aromatic heterocycles. The predicted molar refractivity (Wildman–Crippen MR) is 70.6 cm³/mol. The van der Waals surface area contributed by atoms with Gasteiger partial charge < -0.3 is 9.47 Å². The van der Waals surface area contributed by atoms with Gasteiger partial charge in [0.1, 0.15) is 11.8 Å². The minimum Gasteiger partial charge on any atom is -0.468 e. The summed E-state index contributed by atoms with van der Waals surface area (Å²) in [5, 5.41) is 2.89. The Hall–Kier alpha value is -1.76. The van der Waals surface area contributed by atoms with Crippen LogP contribution < -0.4 is 10.1 Å². The van der Waals surface area contributed by atoms with E-state index in [-0.39, 0.29) is 18.2 Å². The van der Waals surface area contributed by atoms with Crippen molar-refractivity contribution in [2.75, 3.05) is 7.11 Å². The van der Waals surface area contributed by atoms with Gasteiger partial charge in [0.05, 0.1) is 7.11 Å². The Balaban J connectivity index is 2.81.